The van der Waals surface area contributed by atoms with Gasteiger partial charge in [-0.25, -0.2) is 10.1 Å². The Hall–Kier alpha value is -1.82. The highest BCUT2D eigenvalue weighted by Crippen LogP contribution is 2.32. The quantitative estimate of drug-likeness (QED) is 0.603. The Kier molecular flexibility index (Phi) is 3.43. The predicted octanol–water partition coefficient (Wildman–Crippen LogP) is 4.55. The number of nitrogens with zero attached hydrogens (tertiary/aromatic N) is 2. The van der Waals surface area contributed by atoms with Gasteiger partial charge < -0.3 is 4.42 Å². The van der Waals surface area contributed by atoms with E-state index in [-0.39, 0.29) is 5.70 Å². The molecule has 0 amide bonds. The Balaban J connectivity index is 2.32. The van der Waals surface area contributed by atoms with Gasteiger partial charge in [0.2, 0.25) is 0 Å². The highest BCUT2D eigenvalue weighted by molar-refractivity contribution is 9.10. The van der Waals surface area contributed by atoms with E-state index in [0.717, 1.165) is 15.5 Å². The zero-order valence-corrected chi connectivity index (χ0v) is 10.9. The van der Waals surface area contributed by atoms with Crippen molar-refractivity contribution in [2.75, 3.05) is 0 Å². The summed E-state index contributed by atoms with van der Waals surface area (Å²) in [4.78, 5) is 4.94. The minimum Gasteiger partial charge on any atom is -0.449 e. The van der Waals surface area contributed by atoms with Crippen LogP contribution in [-0.4, -0.2) is 0 Å². The molecule has 0 fully saturated rings. The van der Waals surface area contributed by atoms with Gasteiger partial charge in [-0.1, -0.05) is 0 Å². The first-order chi connectivity index (χ1) is 8.22. The minimum atomic E-state index is 0.0824. The van der Waals surface area contributed by atoms with E-state index in [0.29, 0.717) is 4.67 Å². The highest BCUT2D eigenvalue weighted by atomic mass is 79.9. The first-order valence-corrected chi connectivity index (χ1v) is 6.18. The Morgan fingerprint density at radius 2 is 2.29 bits per heavy atom. The number of nitriles is 1. The van der Waals surface area contributed by atoms with Gasteiger partial charge in [-0.05, 0) is 46.3 Å². The maximum atomic E-state index is 8.66. The third-order valence-corrected chi connectivity index (χ3v) is 3.43. The molecule has 0 radical (unpaired) electrons. The van der Waals surface area contributed by atoms with Gasteiger partial charge in [0.25, 0.3) is 5.70 Å². The molecule has 0 aliphatic rings. The van der Waals surface area contributed by atoms with Crippen LogP contribution in [0.25, 0.3) is 21.6 Å². The van der Waals surface area contributed by atoms with E-state index >= 15 is 0 Å². The zero-order chi connectivity index (χ0) is 12.3. The van der Waals surface area contributed by atoms with Gasteiger partial charge in [0.1, 0.15) is 5.76 Å². The number of halogens is 1. The van der Waals surface area contributed by atoms with Crippen LogP contribution in [0.15, 0.2) is 39.0 Å². The number of furan rings is 1. The molecule has 0 saturated heterocycles. The van der Waals surface area contributed by atoms with Crippen LogP contribution in [0.2, 0.25) is 0 Å². The van der Waals surface area contributed by atoms with Gasteiger partial charge in [-0.3, -0.25) is 0 Å². The Morgan fingerprint density at radius 3 is 2.88 bits per heavy atom. The minimum absolute atomic E-state index is 0.0824. The molecule has 5 heteroatoms. The van der Waals surface area contributed by atoms with Crippen molar-refractivity contribution in [2.24, 2.45) is 0 Å². The molecule has 82 valence electrons. The van der Waals surface area contributed by atoms with Crippen LogP contribution in [0.4, 0.5) is 0 Å². The molecule has 17 heavy (non-hydrogen) atoms. The lowest BCUT2D eigenvalue weighted by Gasteiger charge is -1.88. The van der Waals surface area contributed by atoms with Crippen molar-refractivity contribution in [3.8, 4) is 16.7 Å². The Labute approximate surface area is 111 Å². The van der Waals surface area contributed by atoms with E-state index in [1.165, 1.54) is 11.3 Å². The molecule has 0 atom stereocenters. The molecular weight excluding hydrogens is 300 g/mol. The van der Waals surface area contributed by atoms with E-state index in [9.17, 15) is 0 Å². The van der Waals surface area contributed by atoms with Crippen LogP contribution in [0.1, 0.15) is 4.88 Å². The van der Waals surface area contributed by atoms with Gasteiger partial charge in [-0.15, -0.1) is 11.3 Å². The summed E-state index contributed by atoms with van der Waals surface area (Å²) < 4.78 is 6.10. The van der Waals surface area contributed by atoms with Crippen LogP contribution in [0.3, 0.4) is 0 Å². The van der Waals surface area contributed by atoms with Crippen molar-refractivity contribution in [1.82, 2.24) is 0 Å². The van der Waals surface area contributed by atoms with E-state index in [1.807, 2.05) is 30.3 Å². The lowest BCUT2D eigenvalue weighted by atomic mass is 10.3. The summed E-state index contributed by atoms with van der Waals surface area (Å²) in [6, 6.07) is 9.29. The third-order valence-electron chi connectivity index (χ3n) is 1.96. The lowest BCUT2D eigenvalue weighted by molar-refractivity contribution is 0.557. The summed E-state index contributed by atoms with van der Waals surface area (Å²) >= 11 is 4.72. The van der Waals surface area contributed by atoms with Gasteiger partial charge in [0.05, 0.1) is 17.5 Å². The van der Waals surface area contributed by atoms with E-state index in [1.54, 1.807) is 6.08 Å². The smallest absolute Gasteiger partial charge is 0.263 e. The van der Waals surface area contributed by atoms with Crippen molar-refractivity contribution in [3.63, 3.8) is 0 Å². The first-order valence-electron chi connectivity index (χ1n) is 4.58. The molecule has 0 bridgehead atoms. The van der Waals surface area contributed by atoms with Crippen molar-refractivity contribution < 1.29 is 4.42 Å². The third kappa shape index (κ3) is 2.65. The first kappa shape index (κ1) is 11.7. The average molecular weight is 305 g/mol. The maximum Gasteiger partial charge on any atom is 0.263 e. The van der Waals surface area contributed by atoms with E-state index in [4.69, 9.17) is 16.3 Å². The lowest BCUT2D eigenvalue weighted by Crippen LogP contribution is -1.65. The summed E-state index contributed by atoms with van der Waals surface area (Å²) in [5, 5.41) is 8.66. The van der Waals surface area contributed by atoms with Crippen LogP contribution >= 0.6 is 27.3 Å². The van der Waals surface area contributed by atoms with E-state index < -0.39 is 0 Å². The standard InChI is InChI=1S/C12H5BrN2OS/c1-15-8(7-14)6-9-2-4-11(17-9)10-3-5-12(13)16-10/h2-6H/b8-6-. The van der Waals surface area contributed by atoms with Crippen LogP contribution in [0, 0.1) is 17.9 Å². The monoisotopic (exact) mass is 304 g/mol. The Bertz CT molecular complexity index is 639. The van der Waals surface area contributed by atoms with Gasteiger partial charge in [0.15, 0.2) is 4.67 Å². The summed E-state index contributed by atoms with van der Waals surface area (Å²) in [6.07, 6.45) is 1.57. The summed E-state index contributed by atoms with van der Waals surface area (Å²) in [7, 11) is 0. The molecule has 0 aliphatic carbocycles. The summed E-state index contributed by atoms with van der Waals surface area (Å²) in [5.74, 6) is 0.767. The average Bonchev–Trinajstić information content (AvgIpc) is 2.94. The number of thiophene rings is 1. The van der Waals surface area contributed by atoms with Crippen molar-refractivity contribution in [2.45, 2.75) is 0 Å². The second-order valence-corrected chi connectivity index (χ2v) is 4.96. The van der Waals surface area contributed by atoms with Crippen LogP contribution in [-0.2, 0) is 0 Å². The largest absolute Gasteiger partial charge is 0.449 e. The van der Waals surface area contributed by atoms with Gasteiger partial charge >= 0.3 is 0 Å². The van der Waals surface area contributed by atoms with Gasteiger partial charge in [-0.2, -0.15) is 0 Å². The second kappa shape index (κ2) is 5.01. The molecule has 2 heterocycles. The molecule has 2 rings (SSSR count). The van der Waals surface area contributed by atoms with E-state index in [2.05, 4.69) is 20.8 Å². The molecule has 2 aromatic rings. The number of hydrogen-bond acceptors (Lipinski definition) is 3. The molecule has 0 saturated carbocycles. The fourth-order valence-electron chi connectivity index (χ4n) is 1.23. The molecular formula is C12H5BrN2OS. The van der Waals surface area contributed by atoms with Crippen molar-refractivity contribution in [1.29, 1.82) is 5.26 Å². The molecule has 0 aliphatic heterocycles. The number of hydrogen-bond donors (Lipinski definition) is 0. The van der Waals surface area contributed by atoms with Crippen molar-refractivity contribution in [3.05, 3.63) is 50.9 Å². The normalized spacial score (nSPS) is 10.9. The molecule has 0 spiro atoms. The van der Waals surface area contributed by atoms with Crippen LogP contribution in [0.5, 0.6) is 0 Å². The molecule has 0 aromatic carbocycles. The molecule has 2 aromatic heterocycles. The Morgan fingerprint density at radius 1 is 1.47 bits per heavy atom. The zero-order valence-electron chi connectivity index (χ0n) is 8.48. The fourth-order valence-corrected chi connectivity index (χ4v) is 2.45. The number of rotatable bonds is 2. The summed E-state index contributed by atoms with van der Waals surface area (Å²) in [6.45, 7) is 6.80. The second-order valence-electron chi connectivity index (χ2n) is 3.06. The molecule has 0 N–H and O–H groups in total. The summed E-state index contributed by atoms with van der Waals surface area (Å²) in [5.41, 5.74) is 0.0824. The van der Waals surface area contributed by atoms with Crippen LogP contribution < -0.4 is 0 Å². The highest BCUT2D eigenvalue weighted by Gasteiger charge is 2.06. The topological polar surface area (TPSA) is 41.3 Å². The molecule has 0 unspecified atom stereocenters. The fraction of sp³-hybridized carbons (Fsp3) is 0. The molecule has 3 nitrogen and oxygen atoms in total. The maximum absolute atomic E-state index is 8.66. The van der Waals surface area contributed by atoms with Crippen molar-refractivity contribution >= 4 is 33.3 Å². The van der Waals surface area contributed by atoms with Gasteiger partial charge in [0, 0.05) is 4.88 Å². The predicted molar refractivity (Wildman–Crippen MR) is 69.9 cm³/mol. The SMILES string of the molecule is [C-]#[N+]/C(C#N)=C\c1ccc(-c2ccc(Br)o2)s1. The number of allylic oxidation sites excluding steroid dienone is 1.